The zero-order chi connectivity index (χ0) is 11.5. The smallest absolute Gasteiger partial charge is 0.196 e. The fourth-order valence-electron chi connectivity index (χ4n) is 2.31. The van der Waals surface area contributed by atoms with Gasteiger partial charge >= 0.3 is 0 Å². The number of hydrogen-bond donors (Lipinski definition) is 0. The Kier molecular flexibility index (Phi) is 3.39. The van der Waals surface area contributed by atoms with Gasteiger partial charge in [-0.25, -0.2) is 4.98 Å². The minimum atomic E-state index is -0.0579. The fraction of sp³-hybridized carbons (Fsp3) is 0.667. The van der Waals surface area contributed by atoms with Crippen molar-refractivity contribution in [3.05, 3.63) is 17.8 Å². The molecule has 1 aliphatic rings. The molecule has 1 saturated heterocycles. The van der Waals surface area contributed by atoms with E-state index in [2.05, 4.69) is 16.8 Å². The van der Waals surface area contributed by atoms with E-state index >= 15 is 0 Å². The van der Waals surface area contributed by atoms with Gasteiger partial charge in [-0.2, -0.15) is 0 Å². The van der Waals surface area contributed by atoms with E-state index in [-0.39, 0.29) is 5.78 Å². The molecule has 0 radical (unpaired) electrons. The molecule has 0 aromatic carbocycles. The van der Waals surface area contributed by atoms with Crippen LogP contribution in [0.4, 0.5) is 0 Å². The van der Waals surface area contributed by atoms with Gasteiger partial charge in [0, 0.05) is 19.4 Å². The molecule has 1 unspecified atom stereocenters. The second-order valence-corrected chi connectivity index (χ2v) is 4.30. The highest BCUT2D eigenvalue weighted by Gasteiger charge is 2.24. The van der Waals surface area contributed by atoms with Gasteiger partial charge in [-0.1, -0.05) is 6.92 Å². The average molecular weight is 222 g/mol. The Balaban J connectivity index is 2.00. The molecule has 2 heterocycles. The van der Waals surface area contributed by atoms with Gasteiger partial charge < -0.3 is 9.32 Å². The monoisotopic (exact) mass is 222 g/mol. The van der Waals surface area contributed by atoms with E-state index in [0.717, 1.165) is 13.0 Å². The lowest BCUT2D eigenvalue weighted by molar-refractivity contribution is 0.0984. The number of oxazole rings is 1. The molecule has 88 valence electrons. The van der Waals surface area contributed by atoms with Gasteiger partial charge in [0.1, 0.15) is 0 Å². The molecule has 1 fully saturated rings. The number of carbonyl (C=O) groups is 1. The van der Waals surface area contributed by atoms with Crippen LogP contribution in [0.5, 0.6) is 0 Å². The van der Waals surface area contributed by atoms with Crippen molar-refractivity contribution in [2.75, 3.05) is 13.1 Å². The van der Waals surface area contributed by atoms with Gasteiger partial charge in [-0.3, -0.25) is 4.79 Å². The van der Waals surface area contributed by atoms with E-state index in [1.54, 1.807) is 0 Å². The Morgan fingerprint density at radius 2 is 2.50 bits per heavy atom. The van der Waals surface area contributed by atoms with Crippen LogP contribution in [0.1, 0.15) is 43.1 Å². The predicted octanol–water partition coefficient (Wildman–Crippen LogP) is 1.90. The molecule has 0 N–H and O–H groups in total. The predicted molar refractivity (Wildman–Crippen MR) is 60.5 cm³/mol. The second kappa shape index (κ2) is 4.78. The molecule has 0 saturated carbocycles. The SMILES string of the molecule is CCN1CCCC1Cc1ncc(C(C)=O)o1. The van der Waals surface area contributed by atoms with Crippen LogP contribution in [0, 0.1) is 0 Å². The molecule has 1 atom stereocenters. The van der Waals surface area contributed by atoms with Crippen molar-refractivity contribution in [1.82, 2.24) is 9.88 Å². The number of likely N-dealkylation sites (N-methyl/N-ethyl adjacent to an activating group) is 1. The molecular formula is C12H18N2O2. The van der Waals surface area contributed by atoms with Crippen molar-refractivity contribution in [3.8, 4) is 0 Å². The zero-order valence-corrected chi connectivity index (χ0v) is 9.90. The van der Waals surface area contributed by atoms with Crippen LogP contribution in [0.2, 0.25) is 0 Å². The van der Waals surface area contributed by atoms with Crippen LogP contribution in [-0.2, 0) is 6.42 Å². The van der Waals surface area contributed by atoms with E-state index in [9.17, 15) is 4.79 Å². The number of Topliss-reactive ketones (excluding diaryl/α,β-unsaturated/α-hetero) is 1. The van der Waals surface area contributed by atoms with Crippen molar-refractivity contribution in [3.63, 3.8) is 0 Å². The molecule has 0 spiro atoms. The zero-order valence-electron chi connectivity index (χ0n) is 9.90. The molecule has 1 aromatic rings. The summed E-state index contributed by atoms with van der Waals surface area (Å²) in [5.74, 6) is 1.00. The standard InChI is InChI=1S/C12H18N2O2/c1-3-14-6-4-5-10(14)7-12-13-8-11(16-12)9(2)15/h8,10H,3-7H2,1-2H3. The maximum Gasteiger partial charge on any atom is 0.196 e. The Morgan fingerprint density at radius 3 is 3.12 bits per heavy atom. The van der Waals surface area contributed by atoms with E-state index in [1.807, 2.05) is 0 Å². The third kappa shape index (κ3) is 2.32. The number of carbonyl (C=O) groups excluding carboxylic acids is 1. The number of ketones is 1. The first kappa shape index (κ1) is 11.3. The Morgan fingerprint density at radius 1 is 1.69 bits per heavy atom. The average Bonchev–Trinajstić information content (AvgIpc) is 2.87. The van der Waals surface area contributed by atoms with Crippen LogP contribution in [-0.4, -0.2) is 34.8 Å². The Labute approximate surface area is 95.6 Å². The number of rotatable bonds is 4. The highest BCUT2D eigenvalue weighted by Crippen LogP contribution is 2.20. The summed E-state index contributed by atoms with van der Waals surface area (Å²) in [6, 6.07) is 0.531. The Bertz CT molecular complexity index is 373. The molecule has 1 aliphatic heterocycles. The van der Waals surface area contributed by atoms with Gasteiger partial charge in [0.15, 0.2) is 17.4 Å². The molecular weight excluding hydrogens is 204 g/mol. The summed E-state index contributed by atoms with van der Waals surface area (Å²) < 4.78 is 5.41. The van der Waals surface area contributed by atoms with Crippen molar-refractivity contribution < 1.29 is 9.21 Å². The third-order valence-electron chi connectivity index (χ3n) is 3.22. The van der Waals surface area contributed by atoms with Gasteiger partial charge in [-0.05, 0) is 25.9 Å². The normalized spacial score (nSPS) is 21.5. The fourth-order valence-corrected chi connectivity index (χ4v) is 2.31. The molecule has 2 rings (SSSR count). The van der Waals surface area contributed by atoms with Crippen molar-refractivity contribution >= 4 is 5.78 Å². The molecule has 4 nitrogen and oxygen atoms in total. The molecule has 0 bridgehead atoms. The van der Waals surface area contributed by atoms with Crippen LogP contribution in [0.15, 0.2) is 10.6 Å². The number of hydrogen-bond acceptors (Lipinski definition) is 4. The maximum absolute atomic E-state index is 11.1. The summed E-state index contributed by atoms with van der Waals surface area (Å²) in [7, 11) is 0. The summed E-state index contributed by atoms with van der Waals surface area (Å²) in [4.78, 5) is 17.7. The molecule has 16 heavy (non-hydrogen) atoms. The summed E-state index contributed by atoms with van der Waals surface area (Å²) in [6.45, 7) is 5.92. The molecule has 0 aliphatic carbocycles. The summed E-state index contributed by atoms with van der Waals surface area (Å²) >= 11 is 0. The van der Waals surface area contributed by atoms with Crippen molar-refractivity contribution in [2.24, 2.45) is 0 Å². The van der Waals surface area contributed by atoms with Gasteiger partial charge in [-0.15, -0.1) is 0 Å². The maximum atomic E-state index is 11.1. The van der Waals surface area contributed by atoms with Crippen LogP contribution < -0.4 is 0 Å². The van der Waals surface area contributed by atoms with Gasteiger partial charge in [0.25, 0.3) is 0 Å². The molecule has 1 aromatic heterocycles. The first-order chi connectivity index (χ1) is 7.70. The van der Waals surface area contributed by atoms with E-state index in [1.165, 1.54) is 32.5 Å². The lowest BCUT2D eigenvalue weighted by Crippen LogP contribution is -2.30. The molecule has 4 heteroatoms. The second-order valence-electron chi connectivity index (χ2n) is 4.30. The van der Waals surface area contributed by atoms with E-state index < -0.39 is 0 Å². The number of nitrogens with zero attached hydrogens (tertiary/aromatic N) is 2. The van der Waals surface area contributed by atoms with Gasteiger partial charge in [0.2, 0.25) is 0 Å². The summed E-state index contributed by atoms with van der Waals surface area (Å²) in [5.41, 5.74) is 0. The quantitative estimate of drug-likeness (QED) is 0.730. The highest BCUT2D eigenvalue weighted by molar-refractivity contribution is 5.90. The lowest BCUT2D eigenvalue weighted by Gasteiger charge is -2.20. The van der Waals surface area contributed by atoms with E-state index in [4.69, 9.17) is 4.42 Å². The summed E-state index contributed by atoms with van der Waals surface area (Å²) in [5, 5.41) is 0. The largest absolute Gasteiger partial charge is 0.438 e. The minimum absolute atomic E-state index is 0.0579. The first-order valence-corrected chi connectivity index (χ1v) is 5.90. The topological polar surface area (TPSA) is 46.3 Å². The summed E-state index contributed by atoms with van der Waals surface area (Å²) in [6.07, 6.45) is 4.80. The van der Waals surface area contributed by atoms with Gasteiger partial charge in [0.05, 0.1) is 6.20 Å². The highest BCUT2D eigenvalue weighted by atomic mass is 16.4. The van der Waals surface area contributed by atoms with Crippen LogP contribution in [0.25, 0.3) is 0 Å². The van der Waals surface area contributed by atoms with E-state index in [0.29, 0.717) is 17.7 Å². The van der Waals surface area contributed by atoms with Crippen molar-refractivity contribution in [1.29, 1.82) is 0 Å². The van der Waals surface area contributed by atoms with Crippen LogP contribution in [0.3, 0.4) is 0 Å². The number of aromatic nitrogens is 1. The van der Waals surface area contributed by atoms with Crippen molar-refractivity contribution in [2.45, 2.75) is 39.2 Å². The third-order valence-corrected chi connectivity index (χ3v) is 3.22. The minimum Gasteiger partial charge on any atom is -0.438 e. The Hall–Kier alpha value is -1.16. The first-order valence-electron chi connectivity index (χ1n) is 5.90. The lowest BCUT2D eigenvalue weighted by atomic mass is 10.1. The van der Waals surface area contributed by atoms with Crippen LogP contribution >= 0.6 is 0 Å². The molecule has 0 amide bonds. The number of likely N-dealkylation sites (tertiary alicyclic amines) is 1.